The van der Waals surface area contributed by atoms with Gasteiger partial charge in [-0.3, -0.25) is 0 Å². The van der Waals surface area contributed by atoms with Crippen LogP contribution in [-0.4, -0.2) is 22.2 Å². The van der Waals surface area contributed by atoms with Gasteiger partial charge in [0.25, 0.3) is 0 Å². The van der Waals surface area contributed by atoms with Crippen molar-refractivity contribution >= 4 is 11.9 Å². The highest BCUT2D eigenvalue weighted by atomic mass is 16.4. The standard InChI is InChI=1S/C30H34O4/c1-5-19(3)23-11-7-21(8-12-23)15-25-17-28(30(33)34)26(18-27(25)29(31)32)16-22-9-13-24(14-10-22)20(4)6-2/h7-14,17-20H,5-6,15-16H2,1-4H3,(H,31,32)(H,33,34). The topological polar surface area (TPSA) is 74.6 Å². The molecule has 0 radical (unpaired) electrons. The Kier molecular flexibility index (Phi) is 8.27. The lowest BCUT2D eigenvalue weighted by molar-refractivity contribution is 0.0679. The third-order valence-electron chi connectivity index (χ3n) is 6.90. The molecule has 3 aromatic rings. The molecule has 0 saturated carbocycles. The summed E-state index contributed by atoms with van der Waals surface area (Å²) in [4.78, 5) is 24.2. The normalized spacial score (nSPS) is 12.8. The van der Waals surface area contributed by atoms with E-state index in [4.69, 9.17) is 0 Å². The number of rotatable bonds is 10. The molecule has 0 heterocycles. The van der Waals surface area contributed by atoms with Gasteiger partial charge in [-0.2, -0.15) is 0 Å². The Bertz CT molecular complexity index is 1050. The summed E-state index contributed by atoms with van der Waals surface area (Å²) < 4.78 is 0. The molecule has 3 rings (SSSR count). The van der Waals surface area contributed by atoms with E-state index in [0.717, 1.165) is 24.0 Å². The molecule has 0 aliphatic rings. The van der Waals surface area contributed by atoms with Crippen LogP contribution in [0.2, 0.25) is 0 Å². The molecule has 0 fully saturated rings. The number of hydrogen-bond donors (Lipinski definition) is 2. The van der Waals surface area contributed by atoms with Gasteiger partial charge < -0.3 is 10.2 Å². The van der Waals surface area contributed by atoms with Crippen LogP contribution < -0.4 is 0 Å². The molecule has 2 atom stereocenters. The van der Waals surface area contributed by atoms with Gasteiger partial charge in [0.05, 0.1) is 11.1 Å². The van der Waals surface area contributed by atoms with E-state index in [1.807, 2.05) is 24.3 Å². The third-order valence-corrected chi connectivity index (χ3v) is 6.90. The molecule has 4 heteroatoms. The summed E-state index contributed by atoms with van der Waals surface area (Å²) in [5.41, 5.74) is 5.73. The van der Waals surface area contributed by atoms with Crippen molar-refractivity contribution in [3.05, 3.63) is 105 Å². The number of carboxylic acid groups (broad SMARTS) is 2. The molecular formula is C30H34O4. The van der Waals surface area contributed by atoms with Crippen LogP contribution in [0.1, 0.15) is 106 Å². The van der Waals surface area contributed by atoms with E-state index in [1.54, 1.807) is 0 Å². The van der Waals surface area contributed by atoms with Crippen molar-refractivity contribution < 1.29 is 19.8 Å². The maximum Gasteiger partial charge on any atom is 0.335 e. The second kappa shape index (κ2) is 11.1. The molecule has 0 spiro atoms. The maximum atomic E-state index is 12.1. The molecule has 2 N–H and O–H groups in total. The predicted molar refractivity (Wildman–Crippen MR) is 136 cm³/mol. The van der Waals surface area contributed by atoms with Crippen LogP contribution in [0.25, 0.3) is 0 Å². The van der Waals surface area contributed by atoms with Gasteiger partial charge in [-0.05, 0) is 83.0 Å². The van der Waals surface area contributed by atoms with Crippen LogP contribution in [0.5, 0.6) is 0 Å². The van der Waals surface area contributed by atoms with Gasteiger partial charge in [0, 0.05) is 0 Å². The van der Waals surface area contributed by atoms with Gasteiger partial charge in [-0.1, -0.05) is 76.2 Å². The van der Waals surface area contributed by atoms with Crippen molar-refractivity contribution in [3.8, 4) is 0 Å². The smallest absolute Gasteiger partial charge is 0.335 e. The number of carboxylic acids is 2. The average Bonchev–Trinajstić information content (AvgIpc) is 2.84. The molecule has 0 bridgehead atoms. The van der Waals surface area contributed by atoms with Crippen LogP contribution in [0, 0.1) is 0 Å². The second-order valence-corrected chi connectivity index (χ2v) is 9.23. The molecule has 0 aromatic heterocycles. The Labute approximate surface area is 202 Å². The van der Waals surface area contributed by atoms with Gasteiger partial charge in [-0.15, -0.1) is 0 Å². The van der Waals surface area contributed by atoms with Crippen molar-refractivity contribution in [1.29, 1.82) is 0 Å². The summed E-state index contributed by atoms with van der Waals surface area (Å²) in [5, 5.41) is 19.8. The van der Waals surface area contributed by atoms with E-state index >= 15 is 0 Å². The monoisotopic (exact) mass is 458 g/mol. The summed E-state index contributed by atoms with van der Waals surface area (Å²) in [7, 11) is 0. The third kappa shape index (κ3) is 5.93. The van der Waals surface area contributed by atoms with Crippen LogP contribution >= 0.6 is 0 Å². The van der Waals surface area contributed by atoms with Crippen molar-refractivity contribution in [1.82, 2.24) is 0 Å². The lowest BCUT2D eigenvalue weighted by Crippen LogP contribution is -2.11. The Morgan fingerprint density at radius 1 is 0.647 bits per heavy atom. The zero-order valence-corrected chi connectivity index (χ0v) is 20.5. The predicted octanol–water partition coefficient (Wildman–Crippen LogP) is 7.29. The highest BCUT2D eigenvalue weighted by Gasteiger charge is 2.19. The van der Waals surface area contributed by atoms with E-state index < -0.39 is 11.9 Å². The fourth-order valence-electron chi connectivity index (χ4n) is 4.22. The number of hydrogen-bond acceptors (Lipinski definition) is 2. The minimum atomic E-state index is -1.04. The first-order valence-corrected chi connectivity index (χ1v) is 12.0. The largest absolute Gasteiger partial charge is 0.478 e. The van der Waals surface area contributed by atoms with Gasteiger partial charge >= 0.3 is 11.9 Å². The van der Waals surface area contributed by atoms with Crippen LogP contribution in [0.3, 0.4) is 0 Å². The van der Waals surface area contributed by atoms with Gasteiger partial charge in [-0.25, -0.2) is 9.59 Å². The van der Waals surface area contributed by atoms with Gasteiger partial charge in [0.1, 0.15) is 0 Å². The Balaban J connectivity index is 1.94. The first kappa shape index (κ1) is 25.2. The second-order valence-electron chi connectivity index (χ2n) is 9.23. The molecule has 3 aromatic carbocycles. The summed E-state index contributed by atoms with van der Waals surface area (Å²) in [6, 6.07) is 19.4. The Morgan fingerprint density at radius 3 is 1.24 bits per heavy atom. The highest BCUT2D eigenvalue weighted by molar-refractivity contribution is 5.95. The van der Waals surface area contributed by atoms with E-state index in [2.05, 4.69) is 52.0 Å². The molecule has 0 aliphatic carbocycles. The van der Waals surface area contributed by atoms with Crippen LogP contribution in [0.4, 0.5) is 0 Å². The van der Waals surface area contributed by atoms with Gasteiger partial charge in [0.15, 0.2) is 0 Å². The zero-order valence-electron chi connectivity index (χ0n) is 20.5. The summed E-state index contributed by atoms with van der Waals surface area (Å²) in [5.74, 6) is -1.17. The molecule has 34 heavy (non-hydrogen) atoms. The fourth-order valence-corrected chi connectivity index (χ4v) is 4.22. The van der Waals surface area contributed by atoms with Crippen molar-refractivity contribution in [3.63, 3.8) is 0 Å². The first-order chi connectivity index (χ1) is 16.2. The van der Waals surface area contributed by atoms with Crippen molar-refractivity contribution in [2.45, 2.75) is 65.2 Å². The van der Waals surface area contributed by atoms with E-state index in [-0.39, 0.29) is 11.1 Å². The van der Waals surface area contributed by atoms with E-state index in [0.29, 0.717) is 35.8 Å². The minimum absolute atomic E-state index is 0.155. The number of carbonyl (C=O) groups is 2. The molecule has 4 nitrogen and oxygen atoms in total. The Hall–Kier alpha value is -3.40. The molecule has 0 aliphatic heterocycles. The summed E-state index contributed by atoms with van der Waals surface area (Å²) >= 11 is 0. The quantitative estimate of drug-likeness (QED) is 0.334. The van der Waals surface area contributed by atoms with Gasteiger partial charge in [0.2, 0.25) is 0 Å². The zero-order chi connectivity index (χ0) is 24.8. The number of benzene rings is 3. The minimum Gasteiger partial charge on any atom is -0.478 e. The molecule has 2 unspecified atom stereocenters. The molecular weight excluding hydrogens is 424 g/mol. The fraction of sp³-hybridized carbons (Fsp3) is 0.333. The van der Waals surface area contributed by atoms with Crippen molar-refractivity contribution in [2.75, 3.05) is 0 Å². The van der Waals surface area contributed by atoms with Crippen molar-refractivity contribution in [2.24, 2.45) is 0 Å². The average molecular weight is 459 g/mol. The van der Waals surface area contributed by atoms with E-state index in [9.17, 15) is 19.8 Å². The molecule has 0 amide bonds. The van der Waals surface area contributed by atoms with Crippen LogP contribution in [-0.2, 0) is 12.8 Å². The lowest BCUT2D eigenvalue weighted by atomic mass is 9.90. The van der Waals surface area contributed by atoms with Crippen LogP contribution in [0.15, 0.2) is 60.7 Å². The summed E-state index contributed by atoms with van der Waals surface area (Å²) in [6.45, 7) is 8.64. The lowest BCUT2D eigenvalue weighted by Gasteiger charge is -2.15. The number of aromatic carboxylic acids is 2. The summed E-state index contributed by atoms with van der Waals surface area (Å²) in [6.07, 6.45) is 2.83. The first-order valence-electron chi connectivity index (χ1n) is 12.0. The SMILES string of the molecule is CCC(C)c1ccc(Cc2cc(C(=O)O)c(Cc3ccc(C(C)CC)cc3)cc2C(=O)O)cc1. The molecule has 178 valence electrons. The Morgan fingerprint density at radius 2 is 0.971 bits per heavy atom. The highest BCUT2D eigenvalue weighted by Crippen LogP contribution is 2.26. The molecule has 0 saturated heterocycles. The maximum absolute atomic E-state index is 12.1. The van der Waals surface area contributed by atoms with E-state index in [1.165, 1.54) is 23.3 Å².